The Morgan fingerprint density at radius 1 is 0.947 bits per heavy atom. The van der Waals surface area contributed by atoms with E-state index in [2.05, 4.69) is 35.6 Å². The second-order valence-corrected chi connectivity index (χ2v) is 6.54. The summed E-state index contributed by atoms with van der Waals surface area (Å²) >= 11 is 0. The van der Waals surface area contributed by atoms with Crippen molar-refractivity contribution in [3.63, 3.8) is 0 Å². The maximum absolute atomic E-state index is 3.74. The lowest BCUT2D eigenvalue weighted by atomic mass is 9.79. The van der Waals surface area contributed by atoms with Crippen LogP contribution in [0, 0.1) is 11.8 Å². The summed E-state index contributed by atoms with van der Waals surface area (Å²) in [5.74, 6) is 1.94. The van der Waals surface area contributed by atoms with Crippen LogP contribution in [-0.2, 0) is 6.42 Å². The molecular weight excluding hydrogens is 230 g/mol. The lowest BCUT2D eigenvalue weighted by Crippen LogP contribution is -2.30. The SMILES string of the molecule is c1ccc(CC2NCCC2CC2CCCCC2)cc1. The molecule has 3 rings (SSSR count). The summed E-state index contributed by atoms with van der Waals surface area (Å²) in [7, 11) is 0. The van der Waals surface area contributed by atoms with E-state index in [1.165, 1.54) is 63.5 Å². The van der Waals surface area contributed by atoms with Gasteiger partial charge in [0.15, 0.2) is 0 Å². The van der Waals surface area contributed by atoms with Crippen molar-refractivity contribution in [2.75, 3.05) is 6.54 Å². The largest absolute Gasteiger partial charge is 0.313 e. The van der Waals surface area contributed by atoms with Gasteiger partial charge < -0.3 is 5.32 Å². The fourth-order valence-corrected chi connectivity index (χ4v) is 4.06. The molecule has 1 aromatic rings. The van der Waals surface area contributed by atoms with Gasteiger partial charge in [0.1, 0.15) is 0 Å². The van der Waals surface area contributed by atoms with E-state index < -0.39 is 0 Å². The van der Waals surface area contributed by atoms with Gasteiger partial charge in [-0.05, 0) is 43.2 Å². The monoisotopic (exact) mass is 257 g/mol. The van der Waals surface area contributed by atoms with Crippen molar-refractivity contribution >= 4 is 0 Å². The minimum atomic E-state index is 0.726. The Morgan fingerprint density at radius 2 is 1.74 bits per heavy atom. The minimum absolute atomic E-state index is 0.726. The highest BCUT2D eigenvalue weighted by Gasteiger charge is 2.29. The summed E-state index contributed by atoms with van der Waals surface area (Å²) < 4.78 is 0. The predicted octanol–water partition coefficient (Wildman–Crippen LogP) is 4.18. The first-order valence-corrected chi connectivity index (χ1v) is 8.19. The van der Waals surface area contributed by atoms with E-state index >= 15 is 0 Å². The van der Waals surface area contributed by atoms with E-state index in [1.807, 2.05) is 0 Å². The number of rotatable bonds is 4. The van der Waals surface area contributed by atoms with Gasteiger partial charge in [-0.25, -0.2) is 0 Å². The standard InChI is InChI=1S/C18H27N/c1-3-7-15(8-4-1)13-17-11-12-19-18(17)14-16-9-5-2-6-10-16/h2,5-6,9-10,15,17-19H,1,3-4,7-8,11-14H2. The molecule has 0 aromatic heterocycles. The third kappa shape index (κ3) is 3.60. The molecule has 104 valence electrons. The Labute approximate surface area is 117 Å². The van der Waals surface area contributed by atoms with Crippen molar-refractivity contribution < 1.29 is 0 Å². The van der Waals surface area contributed by atoms with Gasteiger partial charge in [-0.3, -0.25) is 0 Å². The van der Waals surface area contributed by atoms with E-state index in [0.29, 0.717) is 0 Å². The Morgan fingerprint density at radius 3 is 2.53 bits per heavy atom. The molecule has 0 amide bonds. The molecule has 1 aromatic carbocycles. The maximum atomic E-state index is 3.74. The van der Waals surface area contributed by atoms with Crippen LogP contribution in [0.1, 0.15) is 50.5 Å². The first-order valence-electron chi connectivity index (χ1n) is 8.19. The molecule has 0 radical (unpaired) electrons. The molecule has 19 heavy (non-hydrogen) atoms. The van der Waals surface area contributed by atoms with Crippen molar-refractivity contribution in [3.8, 4) is 0 Å². The van der Waals surface area contributed by atoms with Gasteiger partial charge in [0.2, 0.25) is 0 Å². The lowest BCUT2D eigenvalue weighted by Gasteiger charge is -2.27. The first-order chi connectivity index (χ1) is 9.42. The molecule has 2 fully saturated rings. The fourth-order valence-electron chi connectivity index (χ4n) is 4.06. The van der Waals surface area contributed by atoms with Crippen LogP contribution in [0.3, 0.4) is 0 Å². The summed E-state index contributed by atoms with van der Waals surface area (Å²) in [6.45, 7) is 1.23. The molecular formula is C18H27N. The Balaban J connectivity index is 1.55. The van der Waals surface area contributed by atoms with E-state index in [4.69, 9.17) is 0 Å². The van der Waals surface area contributed by atoms with E-state index in [0.717, 1.165) is 17.9 Å². The number of hydrogen-bond acceptors (Lipinski definition) is 1. The van der Waals surface area contributed by atoms with Gasteiger partial charge in [0.25, 0.3) is 0 Å². The maximum Gasteiger partial charge on any atom is 0.0136 e. The quantitative estimate of drug-likeness (QED) is 0.853. The molecule has 1 N–H and O–H groups in total. The second kappa shape index (κ2) is 6.56. The van der Waals surface area contributed by atoms with Crippen LogP contribution in [0.5, 0.6) is 0 Å². The summed E-state index contributed by atoms with van der Waals surface area (Å²) in [6.07, 6.45) is 11.5. The molecule has 1 heterocycles. The van der Waals surface area contributed by atoms with E-state index in [1.54, 1.807) is 0 Å². The summed E-state index contributed by atoms with van der Waals surface area (Å²) in [5, 5.41) is 3.74. The molecule has 2 atom stereocenters. The van der Waals surface area contributed by atoms with Crippen molar-refractivity contribution in [2.45, 2.75) is 57.4 Å². The summed E-state index contributed by atoms with van der Waals surface area (Å²) in [4.78, 5) is 0. The molecule has 0 bridgehead atoms. The zero-order chi connectivity index (χ0) is 12.9. The normalized spacial score (nSPS) is 28.6. The average molecular weight is 257 g/mol. The second-order valence-electron chi connectivity index (χ2n) is 6.54. The number of hydrogen-bond donors (Lipinski definition) is 1. The average Bonchev–Trinajstić information content (AvgIpc) is 2.88. The van der Waals surface area contributed by atoms with Crippen molar-refractivity contribution in [3.05, 3.63) is 35.9 Å². The molecule has 1 saturated carbocycles. The highest BCUT2D eigenvalue weighted by molar-refractivity contribution is 5.16. The Kier molecular flexibility index (Phi) is 4.55. The van der Waals surface area contributed by atoms with Gasteiger partial charge in [0, 0.05) is 6.04 Å². The molecule has 1 saturated heterocycles. The van der Waals surface area contributed by atoms with Crippen LogP contribution in [0.2, 0.25) is 0 Å². The van der Waals surface area contributed by atoms with E-state index in [-0.39, 0.29) is 0 Å². The number of nitrogens with one attached hydrogen (secondary N) is 1. The predicted molar refractivity (Wildman–Crippen MR) is 81.2 cm³/mol. The highest BCUT2D eigenvalue weighted by Crippen LogP contribution is 2.33. The molecule has 2 unspecified atom stereocenters. The van der Waals surface area contributed by atoms with Crippen LogP contribution >= 0.6 is 0 Å². The molecule has 1 heteroatoms. The third-order valence-corrected chi connectivity index (χ3v) is 5.15. The summed E-state index contributed by atoms with van der Waals surface area (Å²) in [5.41, 5.74) is 1.50. The van der Waals surface area contributed by atoms with Crippen LogP contribution in [0.15, 0.2) is 30.3 Å². The van der Waals surface area contributed by atoms with Gasteiger partial charge in [-0.2, -0.15) is 0 Å². The van der Waals surface area contributed by atoms with Gasteiger partial charge in [-0.1, -0.05) is 62.4 Å². The smallest absolute Gasteiger partial charge is 0.0136 e. The molecule has 2 aliphatic rings. The summed E-state index contributed by atoms with van der Waals surface area (Å²) in [6, 6.07) is 11.7. The van der Waals surface area contributed by atoms with Crippen LogP contribution in [0.25, 0.3) is 0 Å². The first kappa shape index (κ1) is 13.2. The van der Waals surface area contributed by atoms with Crippen LogP contribution in [-0.4, -0.2) is 12.6 Å². The van der Waals surface area contributed by atoms with E-state index in [9.17, 15) is 0 Å². The van der Waals surface area contributed by atoms with Crippen molar-refractivity contribution in [1.29, 1.82) is 0 Å². The molecule has 1 aliphatic heterocycles. The van der Waals surface area contributed by atoms with Crippen molar-refractivity contribution in [2.24, 2.45) is 11.8 Å². The van der Waals surface area contributed by atoms with Gasteiger partial charge >= 0.3 is 0 Å². The molecule has 1 aliphatic carbocycles. The zero-order valence-electron chi connectivity index (χ0n) is 12.0. The highest BCUT2D eigenvalue weighted by atomic mass is 14.9. The lowest BCUT2D eigenvalue weighted by molar-refractivity contribution is 0.272. The Hall–Kier alpha value is -0.820. The third-order valence-electron chi connectivity index (χ3n) is 5.15. The van der Waals surface area contributed by atoms with Crippen LogP contribution in [0.4, 0.5) is 0 Å². The molecule has 0 spiro atoms. The Bertz CT molecular complexity index is 367. The van der Waals surface area contributed by atoms with Crippen molar-refractivity contribution in [1.82, 2.24) is 5.32 Å². The topological polar surface area (TPSA) is 12.0 Å². The van der Waals surface area contributed by atoms with Gasteiger partial charge in [-0.15, -0.1) is 0 Å². The number of benzene rings is 1. The fraction of sp³-hybridized carbons (Fsp3) is 0.667. The zero-order valence-corrected chi connectivity index (χ0v) is 12.0. The van der Waals surface area contributed by atoms with Gasteiger partial charge in [0.05, 0.1) is 0 Å². The van der Waals surface area contributed by atoms with Crippen LogP contribution < -0.4 is 5.32 Å². The minimum Gasteiger partial charge on any atom is -0.313 e. The molecule has 1 nitrogen and oxygen atoms in total.